The summed E-state index contributed by atoms with van der Waals surface area (Å²) in [5.41, 5.74) is 0.568. The summed E-state index contributed by atoms with van der Waals surface area (Å²) >= 11 is 3.34. The predicted octanol–water partition coefficient (Wildman–Crippen LogP) is 2.25. The Hall–Kier alpha value is -1.93. The molecule has 1 saturated heterocycles. The van der Waals surface area contributed by atoms with Gasteiger partial charge >= 0.3 is 0 Å². The Balaban J connectivity index is 1.99. The Morgan fingerprint density at radius 1 is 1.27 bits per heavy atom. The molecule has 1 fully saturated rings. The average Bonchev–Trinajstić information content (AvgIpc) is 2.54. The van der Waals surface area contributed by atoms with E-state index in [-0.39, 0.29) is 11.4 Å². The van der Waals surface area contributed by atoms with Gasteiger partial charge in [0.15, 0.2) is 0 Å². The molecule has 1 aromatic carbocycles. The van der Waals surface area contributed by atoms with Gasteiger partial charge in [-0.05, 0) is 24.3 Å². The van der Waals surface area contributed by atoms with E-state index >= 15 is 0 Å². The summed E-state index contributed by atoms with van der Waals surface area (Å²) in [6, 6.07) is 7.23. The average molecular weight is 369 g/mol. The van der Waals surface area contributed by atoms with Crippen LogP contribution in [0.3, 0.4) is 0 Å². The molecule has 0 aliphatic carbocycles. The molecule has 22 heavy (non-hydrogen) atoms. The maximum Gasteiger partial charge on any atom is 0.290 e. The van der Waals surface area contributed by atoms with E-state index in [1.165, 1.54) is 0 Å². The molecule has 0 radical (unpaired) electrons. The summed E-state index contributed by atoms with van der Waals surface area (Å²) in [6.45, 7) is 2.06. The minimum atomic E-state index is -0.746. The van der Waals surface area contributed by atoms with Crippen LogP contribution in [0.25, 0.3) is 0 Å². The molecule has 3 rings (SSSR count). The van der Waals surface area contributed by atoms with Gasteiger partial charge < -0.3 is 15.0 Å². The lowest BCUT2D eigenvalue weighted by Crippen LogP contribution is -2.40. The molecule has 116 valence electrons. The number of nitrogens with one attached hydrogen (secondary N) is 2. The fourth-order valence-corrected chi connectivity index (χ4v) is 2.56. The van der Waals surface area contributed by atoms with Crippen molar-refractivity contribution in [1.82, 2.24) is 10.2 Å². The topological polar surface area (TPSA) is 70.2 Å². The minimum Gasteiger partial charge on any atom is -0.378 e. The highest BCUT2D eigenvalue weighted by Crippen LogP contribution is 2.28. The molecule has 2 aromatic rings. The summed E-state index contributed by atoms with van der Waals surface area (Å²) in [4.78, 5) is 13.9. The molecule has 0 atom stereocenters. The van der Waals surface area contributed by atoms with Gasteiger partial charge in [-0.25, -0.2) is 5.10 Å². The van der Waals surface area contributed by atoms with Crippen LogP contribution in [0.1, 0.15) is 0 Å². The van der Waals surface area contributed by atoms with Crippen LogP contribution in [0.4, 0.5) is 21.5 Å². The highest BCUT2D eigenvalue weighted by Gasteiger charge is 2.22. The van der Waals surface area contributed by atoms with Gasteiger partial charge in [-0.2, -0.15) is 4.39 Å². The first-order valence-electron chi connectivity index (χ1n) is 6.78. The molecular formula is C14H14BrFN4O2. The molecule has 0 amide bonds. The molecule has 1 aromatic heterocycles. The Labute approximate surface area is 134 Å². The molecule has 8 heteroatoms. The highest BCUT2D eigenvalue weighted by atomic mass is 79.9. The van der Waals surface area contributed by atoms with Crippen molar-refractivity contribution in [3.8, 4) is 0 Å². The molecule has 6 nitrogen and oxygen atoms in total. The van der Waals surface area contributed by atoms with Crippen molar-refractivity contribution >= 4 is 33.0 Å². The Morgan fingerprint density at radius 2 is 1.95 bits per heavy atom. The van der Waals surface area contributed by atoms with E-state index in [2.05, 4.69) is 31.4 Å². The van der Waals surface area contributed by atoms with Gasteiger partial charge in [-0.15, -0.1) is 5.10 Å². The quantitative estimate of drug-likeness (QED) is 0.869. The fourth-order valence-electron chi connectivity index (χ4n) is 2.30. The van der Waals surface area contributed by atoms with Crippen LogP contribution in [0, 0.1) is 5.95 Å². The van der Waals surface area contributed by atoms with Crippen LogP contribution in [0.15, 0.2) is 33.5 Å². The summed E-state index contributed by atoms with van der Waals surface area (Å²) in [7, 11) is 0. The fraction of sp³-hybridized carbons (Fsp3) is 0.286. The van der Waals surface area contributed by atoms with Crippen molar-refractivity contribution in [1.29, 1.82) is 0 Å². The van der Waals surface area contributed by atoms with E-state index in [1.54, 1.807) is 17.0 Å². The second-order valence-corrected chi connectivity index (χ2v) is 5.71. The number of benzene rings is 1. The zero-order valence-electron chi connectivity index (χ0n) is 11.6. The largest absolute Gasteiger partial charge is 0.378 e. The number of hydrogen-bond donors (Lipinski definition) is 2. The van der Waals surface area contributed by atoms with Crippen molar-refractivity contribution in [3.63, 3.8) is 0 Å². The number of morpholine rings is 1. The number of nitrogens with zero attached hydrogens (tertiary/aromatic N) is 2. The normalized spacial score (nSPS) is 14.9. The monoisotopic (exact) mass is 368 g/mol. The van der Waals surface area contributed by atoms with Gasteiger partial charge in [-0.1, -0.05) is 15.9 Å². The second-order valence-electron chi connectivity index (χ2n) is 4.80. The van der Waals surface area contributed by atoms with Gasteiger partial charge in [0.2, 0.25) is 0 Å². The van der Waals surface area contributed by atoms with Crippen LogP contribution in [-0.2, 0) is 4.74 Å². The standard InChI is InChI=1S/C14H14BrFN4O2/c15-9-1-3-10(4-2-9)17-11-12(14(21)19-18-13(11)16)20-5-7-22-8-6-20/h1-4H,5-8H2,(H2,17,19,21). The predicted molar refractivity (Wildman–Crippen MR) is 85.3 cm³/mol. The van der Waals surface area contributed by atoms with E-state index in [0.29, 0.717) is 32.0 Å². The third-order valence-corrected chi connectivity index (χ3v) is 3.88. The molecule has 0 bridgehead atoms. The zero-order chi connectivity index (χ0) is 15.5. The minimum absolute atomic E-state index is 0.0768. The maximum atomic E-state index is 14.1. The van der Waals surface area contributed by atoms with Gasteiger partial charge in [-0.3, -0.25) is 4.79 Å². The lowest BCUT2D eigenvalue weighted by atomic mass is 10.2. The number of ether oxygens (including phenoxy) is 1. The molecule has 2 N–H and O–H groups in total. The van der Waals surface area contributed by atoms with Crippen LogP contribution in [-0.4, -0.2) is 36.5 Å². The van der Waals surface area contributed by atoms with Crippen molar-refractivity contribution in [2.75, 3.05) is 36.5 Å². The van der Waals surface area contributed by atoms with Gasteiger partial charge in [0, 0.05) is 23.2 Å². The van der Waals surface area contributed by atoms with Crippen molar-refractivity contribution < 1.29 is 9.13 Å². The number of aromatic nitrogens is 2. The molecule has 2 heterocycles. The van der Waals surface area contributed by atoms with E-state index < -0.39 is 11.5 Å². The molecule has 0 unspecified atom stereocenters. The van der Waals surface area contributed by atoms with Crippen LogP contribution < -0.4 is 15.8 Å². The summed E-state index contributed by atoms with van der Waals surface area (Å²) < 4.78 is 20.3. The molecule has 0 spiro atoms. The van der Waals surface area contributed by atoms with E-state index in [9.17, 15) is 9.18 Å². The molecule has 1 aliphatic heterocycles. The molecular weight excluding hydrogens is 355 g/mol. The number of aromatic amines is 1. The zero-order valence-corrected chi connectivity index (χ0v) is 13.2. The Morgan fingerprint density at radius 3 is 2.64 bits per heavy atom. The van der Waals surface area contributed by atoms with Crippen molar-refractivity contribution in [3.05, 3.63) is 45.0 Å². The lowest BCUT2D eigenvalue weighted by molar-refractivity contribution is 0.122. The number of anilines is 3. The van der Waals surface area contributed by atoms with Crippen LogP contribution in [0.2, 0.25) is 0 Å². The van der Waals surface area contributed by atoms with E-state index in [4.69, 9.17) is 4.74 Å². The third kappa shape index (κ3) is 3.12. The number of halogens is 2. The summed E-state index contributed by atoms with van der Waals surface area (Å²) in [6.07, 6.45) is 0. The first-order valence-corrected chi connectivity index (χ1v) is 7.58. The third-order valence-electron chi connectivity index (χ3n) is 3.35. The SMILES string of the molecule is O=c1[nH]nc(F)c(Nc2ccc(Br)cc2)c1N1CCOCC1. The van der Waals surface area contributed by atoms with Gasteiger partial charge in [0.25, 0.3) is 11.5 Å². The smallest absolute Gasteiger partial charge is 0.290 e. The Bertz CT molecular complexity index is 714. The van der Waals surface area contributed by atoms with Crippen molar-refractivity contribution in [2.45, 2.75) is 0 Å². The van der Waals surface area contributed by atoms with Crippen LogP contribution in [0.5, 0.6) is 0 Å². The van der Waals surface area contributed by atoms with E-state index in [0.717, 1.165) is 4.47 Å². The summed E-state index contributed by atoms with van der Waals surface area (Å²) in [5, 5.41) is 8.55. The lowest BCUT2D eigenvalue weighted by Gasteiger charge is -2.29. The molecule has 0 saturated carbocycles. The molecule has 1 aliphatic rings. The maximum absolute atomic E-state index is 14.1. The number of H-pyrrole nitrogens is 1. The van der Waals surface area contributed by atoms with Gasteiger partial charge in [0.05, 0.1) is 13.2 Å². The van der Waals surface area contributed by atoms with Crippen molar-refractivity contribution in [2.24, 2.45) is 0 Å². The van der Waals surface area contributed by atoms with E-state index in [1.807, 2.05) is 12.1 Å². The Kier molecular flexibility index (Phi) is 4.39. The number of rotatable bonds is 3. The first kappa shape index (κ1) is 15.0. The summed E-state index contributed by atoms with van der Waals surface area (Å²) in [5.74, 6) is -0.746. The first-order chi connectivity index (χ1) is 10.6. The number of hydrogen-bond acceptors (Lipinski definition) is 5. The van der Waals surface area contributed by atoms with Crippen LogP contribution >= 0.6 is 15.9 Å². The second kappa shape index (κ2) is 6.45. The highest BCUT2D eigenvalue weighted by molar-refractivity contribution is 9.10. The van der Waals surface area contributed by atoms with Gasteiger partial charge in [0.1, 0.15) is 11.4 Å².